The van der Waals surface area contributed by atoms with Gasteiger partial charge < -0.3 is 5.32 Å². The highest BCUT2D eigenvalue weighted by atomic mass is 32.2. The normalized spacial score (nSPS) is 10.6. The van der Waals surface area contributed by atoms with E-state index in [1.807, 2.05) is 45.0 Å². The number of hydrogen-bond donors (Lipinski definition) is 2. The van der Waals surface area contributed by atoms with Crippen LogP contribution in [0.2, 0.25) is 0 Å². The number of hydrogen-bond acceptors (Lipinski definition) is 3. The van der Waals surface area contributed by atoms with Crippen molar-refractivity contribution in [3.05, 3.63) is 35.4 Å². The molecule has 3 N–H and O–H groups in total. The molecule has 5 nitrogen and oxygen atoms in total. The Balaban J connectivity index is 0.000000494. The van der Waals surface area contributed by atoms with Crippen molar-refractivity contribution in [3.63, 3.8) is 0 Å². The second-order valence-corrected chi connectivity index (χ2v) is 5.93. The van der Waals surface area contributed by atoms with Gasteiger partial charge in [0.25, 0.3) is 5.91 Å². The van der Waals surface area contributed by atoms with Crippen molar-refractivity contribution in [2.45, 2.75) is 26.8 Å². The minimum atomic E-state index is -3.17. The maximum atomic E-state index is 11.6. The average Bonchev–Trinajstić information content (AvgIpc) is 2.14. The Labute approximate surface area is 108 Å². The highest BCUT2D eigenvalue weighted by Gasteiger charge is 2.07. The van der Waals surface area contributed by atoms with Crippen molar-refractivity contribution in [1.29, 1.82) is 0 Å². The molecule has 0 radical (unpaired) electrons. The van der Waals surface area contributed by atoms with E-state index in [1.165, 1.54) is 0 Å². The van der Waals surface area contributed by atoms with Gasteiger partial charge in [-0.1, -0.05) is 18.2 Å². The number of benzene rings is 1. The van der Waals surface area contributed by atoms with Gasteiger partial charge in [0.1, 0.15) is 0 Å². The van der Waals surface area contributed by atoms with Crippen molar-refractivity contribution in [1.82, 2.24) is 5.32 Å². The summed E-state index contributed by atoms with van der Waals surface area (Å²) in [4.78, 5) is 11.6. The first-order chi connectivity index (χ1) is 8.11. The van der Waals surface area contributed by atoms with E-state index in [4.69, 9.17) is 0 Å². The number of carbonyl (C=O) groups is 1. The standard InChI is InChI=1S/C11H15NO.CH5NO2S/c1-8(2)12-11(13)10-7-5-4-6-9(10)3;1-5(2,3)4/h4-8H,1-3H3,(H,12,13);1H3,(H2,2,3,4). The summed E-state index contributed by atoms with van der Waals surface area (Å²) in [5.41, 5.74) is 1.77. The van der Waals surface area contributed by atoms with Crippen LogP contribution in [-0.2, 0) is 10.0 Å². The minimum Gasteiger partial charge on any atom is -0.350 e. The zero-order chi connectivity index (χ0) is 14.3. The van der Waals surface area contributed by atoms with E-state index in [2.05, 4.69) is 10.5 Å². The summed E-state index contributed by atoms with van der Waals surface area (Å²) in [6.07, 6.45) is 0.938. The fourth-order valence-corrected chi connectivity index (χ4v) is 1.17. The number of nitrogens with two attached hydrogens (primary N) is 1. The Morgan fingerprint density at radius 2 is 1.72 bits per heavy atom. The number of primary sulfonamides is 1. The van der Waals surface area contributed by atoms with Crippen LogP contribution in [0.3, 0.4) is 0 Å². The molecule has 0 fully saturated rings. The lowest BCUT2D eigenvalue weighted by atomic mass is 10.1. The highest BCUT2D eigenvalue weighted by Crippen LogP contribution is 2.06. The maximum absolute atomic E-state index is 11.6. The Morgan fingerprint density at radius 3 is 2.11 bits per heavy atom. The molecule has 0 saturated heterocycles. The van der Waals surface area contributed by atoms with Crippen LogP contribution in [0.15, 0.2) is 24.3 Å². The molecule has 0 saturated carbocycles. The Kier molecular flexibility index (Phi) is 6.57. The van der Waals surface area contributed by atoms with E-state index in [0.717, 1.165) is 17.4 Å². The smallest absolute Gasteiger partial charge is 0.251 e. The molecule has 0 unspecified atom stereocenters. The molecule has 0 heterocycles. The summed E-state index contributed by atoms with van der Waals surface area (Å²) < 4.78 is 18.8. The highest BCUT2D eigenvalue weighted by molar-refractivity contribution is 7.88. The second kappa shape index (κ2) is 7.13. The van der Waals surface area contributed by atoms with Crippen LogP contribution in [-0.4, -0.2) is 26.6 Å². The lowest BCUT2D eigenvalue weighted by molar-refractivity contribution is 0.0942. The van der Waals surface area contributed by atoms with Gasteiger partial charge in [-0.15, -0.1) is 0 Å². The van der Waals surface area contributed by atoms with Crippen LogP contribution in [0.4, 0.5) is 0 Å². The zero-order valence-corrected chi connectivity index (χ0v) is 11.9. The molecule has 1 amide bonds. The Morgan fingerprint density at radius 1 is 1.28 bits per heavy atom. The van der Waals surface area contributed by atoms with Crippen LogP contribution >= 0.6 is 0 Å². The monoisotopic (exact) mass is 272 g/mol. The van der Waals surface area contributed by atoms with Gasteiger partial charge in [-0.25, -0.2) is 13.6 Å². The summed E-state index contributed by atoms with van der Waals surface area (Å²) >= 11 is 0. The molecule has 0 aromatic heterocycles. The second-order valence-electron chi connectivity index (χ2n) is 4.27. The van der Waals surface area contributed by atoms with Gasteiger partial charge in [0.2, 0.25) is 10.0 Å². The summed E-state index contributed by atoms with van der Waals surface area (Å²) in [6, 6.07) is 7.78. The fraction of sp³-hybridized carbons (Fsp3) is 0.417. The summed E-state index contributed by atoms with van der Waals surface area (Å²) in [7, 11) is -3.17. The Bertz CT molecular complexity index is 488. The van der Waals surface area contributed by atoms with Crippen LogP contribution in [0.25, 0.3) is 0 Å². The molecule has 0 aliphatic carbocycles. The van der Waals surface area contributed by atoms with E-state index in [1.54, 1.807) is 0 Å². The molecule has 0 aliphatic heterocycles. The molecule has 0 aliphatic rings. The number of amides is 1. The molecule has 1 aromatic carbocycles. The molecule has 6 heteroatoms. The van der Waals surface area contributed by atoms with Crippen LogP contribution in [0.1, 0.15) is 29.8 Å². The number of carbonyl (C=O) groups excluding carboxylic acids is 1. The molecular weight excluding hydrogens is 252 g/mol. The quantitative estimate of drug-likeness (QED) is 0.843. The van der Waals surface area contributed by atoms with Gasteiger partial charge in [0.15, 0.2) is 0 Å². The SMILES string of the molecule is CS(N)(=O)=O.Cc1ccccc1C(=O)NC(C)C. The van der Waals surface area contributed by atoms with E-state index < -0.39 is 10.0 Å². The van der Waals surface area contributed by atoms with Crippen LogP contribution in [0.5, 0.6) is 0 Å². The first-order valence-electron chi connectivity index (χ1n) is 5.45. The molecule has 1 rings (SSSR count). The van der Waals surface area contributed by atoms with Gasteiger partial charge in [0.05, 0.1) is 6.26 Å². The van der Waals surface area contributed by atoms with Gasteiger partial charge in [0, 0.05) is 11.6 Å². The van der Waals surface area contributed by atoms with Gasteiger partial charge in [-0.2, -0.15) is 0 Å². The van der Waals surface area contributed by atoms with Crippen molar-refractivity contribution >= 4 is 15.9 Å². The fourth-order valence-electron chi connectivity index (χ4n) is 1.17. The van der Waals surface area contributed by atoms with Gasteiger partial charge >= 0.3 is 0 Å². The zero-order valence-electron chi connectivity index (χ0n) is 11.1. The van der Waals surface area contributed by atoms with Crippen molar-refractivity contribution in [2.24, 2.45) is 5.14 Å². The van der Waals surface area contributed by atoms with E-state index in [0.29, 0.717) is 0 Å². The minimum absolute atomic E-state index is 0.00750. The summed E-state index contributed by atoms with van der Waals surface area (Å²) in [5.74, 6) is 0.00750. The van der Waals surface area contributed by atoms with Gasteiger partial charge in [-0.3, -0.25) is 4.79 Å². The van der Waals surface area contributed by atoms with E-state index >= 15 is 0 Å². The van der Waals surface area contributed by atoms with Crippen molar-refractivity contribution in [3.8, 4) is 0 Å². The van der Waals surface area contributed by atoms with Crippen molar-refractivity contribution in [2.75, 3.05) is 6.26 Å². The van der Waals surface area contributed by atoms with E-state index in [-0.39, 0.29) is 11.9 Å². The van der Waals surface area contributed by atoms with E-state index in [9.17, 15) is 13.2 Å². The first-order valence-corrected chi connectivity index (χ1v) is 7.41. The largest absolute Gasteiger partial charge is 0.350 e. The third-order valence-corrected chi connectivity index (χ3v) is 1.81. The molecule has 18 heavy (non-hydrogen) atoms. The van der Waals surface area contributed by atoms with Crippen LogP contribution < -0.4 is 10.5 Å². The Hall–Kier alpha value is -1.40. The molecule has 0 spiro atoms. The lowest BCUT2D eigenvalue weighted by Gasteiger charge is -2.09. The van der Waals surface area contributed by atoms with Crippen molar-refractivity contribution < 1.29 is 13.2 Å². The predicted molar refractivity (Wildman–Crippen MR) is 72.8 cm³/mol. The molecule has 0 bridgehead atoms. The van der Waals surface area contributed by atoms with Crippen LogP contribution in [0, 0.1) is 6.92 Å². The predicted octanol–water partition coefficient (Wildman–Crippen LogP) is 1.04. The topological polar surface area (TPSA) is 89.3 Å². The van der Waals surface area contributed by atoms with Gasteiger partial charge in [-0.05, 0) is 32.4 Å². The molecule has 1 aromatic rings. The third kappa shape index (κ3) is 8.72. The summed E-state index contributed by atoms with van der Waals surface area (Å²) in [5, 5.41) is 7.19. The number of rotatable bonds is 2. The summed E-state index contributed by atoms with van der Waals surface area (Å²) in [6.45, 7) is 5.85. The maximum Gasteiger partial charge on any atom is 0.251 e. The first kappa shape index (κ1) is 16.6. The molecule has 102 valence electrons. The number of sulfonamides is 1. The average molecular weight is 272 g/mol. The number of nitrogens with one attached hydrogen (secondary N) is 1. The third-order valence-electron chi connectivity index (χ3n) is 1.81. The molecular formula is C12H20N2O3S. The molecule has 0 atom stereocenters. The number of aryl methyl sites for hydroxylation is 1. The lowest BCUT2D eigenvalue weighted by Crippen LogP contribution is -2.30.